The molecule has 8 nitrogen and oxygen atoms in total. The summed E-state index contributed by atoms with van der Waals surface area (Å²) in [4.78, 5) is 43.0. The second-order valence-electron chi connectivity index (χ2n) is 7.44. The Bertz CT molecular complexity index is 706. The molecular weight excluding hydrogens is 334 g/mol. The molecule has 2 saturated heterocycles. The van der Waals surface area contributed by atoms with Gasteiger partial charge in [0.05, 0.1) is 0 Å². The quantitative estimate of drug-likeness (QED) is 0.697. The lowest BCUT2D eigenvalue weighted by Crippen LogP contribution is -2.46. The molecule has 0 spiro atoms. The van der Waals surface area contributed by atoms with Gasteiger partial charge < -0.3 is 10.2 Å². The summed E-state index contributed by atoms with van der Waals surface area (Å²) in [5.41, 5.74) is 1.17. The Morgan fingerprint density at radius 2 is 2.15 bits per heavy atom. The van der Waals surface area contributed by atoms with Crippen LogP contribution in [-0.2, 0) is 16.1 Å². The lowest BCUT2D eigenvalue weighted by Gasteiger charge is -2.21. The fourth-order valence-electron chi connectivity index (χ4n) is 3.98. The Kier molecular flexibility index (Phi) is 4.58. The summed E-state index contributed by atoms with van der Waals surface area (Å²) in [7, 11) is 0. The predicted octanol–water partition coefficient (Wildman–Crippen LogP) is -0.0400. The van der Waals surface area contributed by atoms with E-state index in [1.807, 2.05) is 12.3 Å². The van der Waals surface area contributed by atoms with Gasteiger partial charge in [-0.05, 0) is 36.3 Å². The van der Waals surface area contributed by atoms with Gasteiger partial charge >= 0.3 is 6.03 Å². The summed E-state index contributed by atoms with van der Waals surface area (Å²) in [5.74, 6) is 0.566. The van der Waals surface area contributed by atoms with Gasteiger partial charge in [0.25, 0.3) is 0 Å². The fourth-order valence-corrected chi connectivity index (χ4v) is 3.98. The predicted molar refractivity (Wildman–Crippen MR) is 92.8 cm³/mol. The molecule has 2 aliphatic heterocycles. The molecule has 0 bridgehead atoms. The van der Waals surface area contributed by atoms with Crippen molar-refractivity contribution in [3.05, 3.63) is 30.1 Å². The molecule has 1 aromatic heterocycles. The van der Waals surface area contributed by atoms with E-state index >= 15 is 0 Å². The number of rotatable bonds is 6. The number of hydrogen-bond donors (Lipinski definition) is 2. The zero-order valence-electron chi connectivity index (χ0n) is 14.6. The maximum absolute atomic E-state index is 12.4. The van der Waals surface area contributed by atoms with Crippen molar-refractivity contribution in [2.75, 3.05) is 26.2 Å². The van der Waals surface area contributed by atoms with E-state index in [2.05, 4.69) is 26.6 Å². The second kappa shape index (κ2) is 7.03. The molecule has 0 aromatic carbocycles. The van der Waals surface area contributed by atoms with Gasteiger partial charge in [0.2, 0.25) is 11.8 Å². The van der Waals surface area contributed by atoms with Crippen LogP contribution in [0, 0.1) is 11.8 Å². The number of carbonyl (C=O) groups excluding carboxylic acids is 3. The highest BCUT2D eigenvalue weighted by Crippen LogP contribution is 2.41. The lowest BCUT2D eigenvalue weighted by atomic mass is 9.98. The highest BCUT2D eigenvalue weighted by atomic mass is 16.2. The minimum atomic E-state index is -0.492. The molecule has 4 amide bonds. The van der Waals surface area contributed by atoms with E-state index in [4.69, 9.17) is 0 Å². The Labute approximate surface area is 151 Å². The first-order valence-corrected chi connectivity index (χ1v) is 9.08. The number of hydrogen-bond acceptors (Lipinski definition) is 5. The van der Waals surface area contributed by atoms with Crippen LogP contribution in [0.15, 0.2) is 24.5 Å². The summed E-state index contributed by atoms with van der Waals surface area (Å²) in [6.07, 6.45) is 6.09. The molecule has 4 rings (SSSR count). The van der Waals surface area contributed by atoms with Gasteiger partial charge in [-0.15, -0.1) is 0 Å². The van der Waals surface area contributed by atoms with Gasteiger partial charge in [-0.2, -0.15) is 0 Å². The average Bonchev–Trinajstić information content (AvgIpc) is 3.30. The zero-order chi connectivity index (χ0) is 18.1. The van der Waals surface area contributed by atoms with E-state index in [0.717, 1.165) is 19.6 Å². The molecular formula is C18H23N5O3. The standard InChI is InChI=1S/C18H23N5O3/c24-16(10-23-11-17(25)21-18(23)26)20-15-9-22(8-14(15)13-3-4-13)7-12-2-1-5-19-6-12/h1-2,5-6,13-15H,3-4,7-11H2,(H,20,24)(H,21,25,26). The van der Waals surface area contributed by atoms with Crippen molar-refractivity contribution in [3.63, 3.8) is 0 Å². The molecule has 2 N–H and O–H groups in total. The maximum Gasteiger partial charge on any atom is 0.325 e. The molecule has 3 fully saturated rings. The number of urea groups is 1. The Balaban J connectivity index is 1.34. The minimum absolute atomic E-state index is 0.0455. The molecule has 138 valence electrons. The number of carbonyl (C=O) groups is 3. The first kappa shape index (κ1) is 17.0. The Morgan fingerprint density at radius 3 is 2.81 bits per heavy atom. The third-order valence-corrected chi connectivity index (χ3v) is 5.35. The molecule has 26 heavy (non-hydrogen) atoms. The second-order valence-corrected chi connectivity index (χ2v) is 7.44. The third-order valence-electron chi connectivity index (χ3n) is 5.35. The number of amides is 4. The molecule has 8 heteroatoms. The van der Waals surface area contributed by atoms with Gasteiger partial charge in [0.15, 0.2) is 0 Å². The highest BCUT2D eigenvalue weighted by Gasteiger charge is 2.43. The Hall–Kier alpha value is -2.48. The number of pyridine rings is 1. The molecule has 1 saturated carbocycles. The summed E-state index contributed by atoms with van der Waals surface area (Å²) >= 11 is 0. The van der Waals surface area contributed by atoms with Crippen molar-refractivity contribution in [1.29, 1.82) is 0 Å². The molecule has 2 unspecified atom stereocenters. The highest BCUT2D eigenvalue weighted by molar-refractivity contribution is 6.03. The van der Waals surface area contributed by atoms with E-state index in [-0.39, 0.29) is 30.9 Å². The fraction of sp³-hybridized carbons (Fsp3) is 0.556. The summed E-state index contributed by atoms with van der Waals surface area (Å²) in [6, 6.07) is 3.60. The van der Waals surface area contributed by atoms with Crippen molar-refractivity contribution in [2.45, 2.75) is 25.4 Å². The van der Waals surface area contributed by atoms with E-state index in [9.17, 15) is 14.4 Å². The monoisotopic (exact) mass is 357 g/mol. The van der Waals surface area contributed by atoms with Crippen molar-refractivity contribution in [2.24, 2.45) is 11.8 Å². The molecule has 2 atom stereocenters. The number of likely N-dealkylation sites (tertiary alicyclic amines) is 1. The topological polar surface area (TPSA) is 94.6 Å². The first-order valence-electron chi connectivity index (χ1n) is 9.08. The van der Waals surface area contributed by atoms with Gasteiger partial charge in [0, 0.05) is 38.1 Å². The van der Waals surface area contributed by atoms with Crippen LogP contribution >= 0.6 is 0 Å². The summed E-state index contributed by atoms with van der Waals surface area (Å²) < 4.78 is 0. The average molecular weight is 357 g/mol. The number of imide groups is 1. The van der Waals surface area contributed by atoms with E-state index in [1.165, 1.54) is 23.3 Å². The van der Waals surface area contributed by atoms with E-state index < -0.39 is 6.03 Å². The number of aromatic nitrogens is 1. The van der Waals surface area contributed by atoms with E-state index in [1.54, 1.807) is 6.20 Å². The summed E-state index contributed by atoms with van der Waals surface area (Å²) in [6.45, 7) is 2.47. The lowest BCUT2D eigenvalue weighted by molar-refractivity contribution is -0.122. The minimum Gasteiger partial charge on any atom is -0.350 e. The normalized spacial score (nSPS) is 26.2. The van der Waals surface area contributed by atoms with Crippen molar-refractivity contribution in [3.8, 4) is 0 Å². The smallest absolute Gasteiger partial charge is 0.325 e. The van der Waals surface area contributed by atoms with Crippen LogP contribution < -0.4 is 10.6 Å². The van der Waals surface area contributed by atoms with Crippen LogP contribution in [0.25, 0.3) is 0 Å². The maximum atomic E-state index is 12.4. The van der Waals surface area contributed by atoms with Gasteiger partial charge in [-0.25, -0.2) is 4.79 Å². The molecule has 1 aliphatic carbocycles. The molecule has 1 aromatic rings. The van der Waals surface area contributed by atoms with Gasteiger partial charge in [-0.3, -0.25) is 24.8 Å². The van der Waals surface area contributed by atoms with Crippen molar-refractivity contribution >= 4 is 17.8 Å². The number of nitrogens with one attached hydrogen (secondary N) is 2. The van der Waals surface area contributed by atoms with Crippen LogP contribution in [0.5, 0.6) is 0 Å². The number of nitrogens with zero attached hydrogens (tertiary/aromatic N) is 3. The largest absolute Gasteiger partial charge is 0.350 e. The SMILES string of the molecule is O=C1CN(CC(=O)NC2CN(Cc3cccnc3)CC2C2CC2)C(=O)N1. The van der Waals surface area contributed by atoms with Gasteiger partial charge in [-0.1, -0.05) is 6.07 Å². The summed E-state index contributed by atoms with van der Waals surface area (Å²) in [5, 5.41) is 5.29. The van der Waals surface area contributed by atoms with Crippen LogP contribution in [-0.4, -0.2) is 64.9 Å². The van der Waals surface area contributed by atoms with Crippen LogP contribution in [0.4, 0.5) is 4.79 Å². The molecule has 3 heterocycles. The van der Waals surface area contributed by atoms with E-state index in [0.29, 0.717) is 11.8 Å². The molecule has 3 aliphatic rings. The Morgan fingerprint density at radius 1 is 1.31 bits per heavy atom. The van der Waals surface area contributed by atoms with Crippen LogP contribution in [0.2, 0.25) is 0 Å². The molecule has 0 radical (unpaired) electrons. The van der Waals surface area contributed by atoms with Crippen LogP contribution in [0.1, 0.15) is 18.4 Å². The first-order chi connectivity index (χ1) is 12.6. The van der Waals surface area contributed by atoms with Crippen molar-refractivity contribution in [1.82, 2.24) is 25.4 Å². The van der Waals surface area contributed by atoms with Crippen LogP contribution in [0.3, 0.4) is 0 Å². The van der Waals surface area contributed by atoms with Gasteiger partial charge in [0.1, 0.15) is 13.1 Å². The third kappa shape index (κ3) is 3.85. The van der Waals surface area contributed by atoms with Crippen molar-refractivity contribution < 1.29 is 14.4 Å². The zero-order valence-corrected chi connectivity index (χ0v) is 14.6.